The normalized spacial score (nSPS) is 26.1. The molecule has 2 saturated heterocycles. The van der Waals surface area contributed by atoms with Crippen molar-refractivity contribution in [3.05, 3.63) is 77.9 Å². The summed E-state index contributed by atoms with van der Waals surface area (Å²) in [5.41, 5.74) is 2.89. The fourth-order valence-electron chi connectivity index (χ4n) is 4.37. The molecule has 5 nitrogen and oxygen atoms in total. The minimum Gasteiger partial charge on any atom is -0.445 e. The Kier molecular flexibility index (Phi) is 5.43. The number of aliphatic hydroxyl groups is 1. The van der Waals surface area contributed by atoms with Crippen LogP contribution < -0.4 is 0 Å². The zero-order valence-corrected chi connectivity index (χ0v) is 16.7. The van der Waals surface area contributed by atoms with Crippen LogP contribution in [-0.4, -0.2) is 41.4 Å². The molecule has 2 heterocycles. The van der Waals surface area contributed by atoms with Crippen LogP contribution in [0, 0.1) is 0 Å². The van der Waals surface area contributed by atoms with Crippen molar-refractivity contribution in [2.75, 3.05) is 13.2 Å². The van der Waals surface area contributed by atoms with Crippen LogP contribution in [0.3, 0.4) is 0 Å². The van der Waals surface area contributed by atoms with Crippen LogP contribution in [0.2, 0.25) is 0 Å². The van der Waals surface area contributed by atoms with Gasteiger partial charge in [-0.1, -0.05) is 66.7 Å². The number of nitrogens with zero attached hydrogens (tertiary/aromatic N) is 1. The molecule has 0 radical (unpaired) electrons. The van der Waals surface area contributed by atoms with E-state index in [1.807, 2.05) is 61.5 Å². The number of fused-ring (bicyclic) bond motifs is 2. The van der Waals surface area contributed by atoms with Gasteiger partial charge in [0.25, 0.3) is 0 Å². The number of hydrogen-bond donors (Lipinski definition) is 1. The second kappa shape index (κ2) is 8.01. The number of carbonyl (C=O) groups excluding carboxylic acids is 1. The summed E-state index contributed by atoms with van der Waals surface area (Å²) in [6.07, 6.45) is 0.513. The number of ether oxygens (including phenoxy) is 2. The number of amides is 1. The highest BCUT2D eigenvalue weighted by molar-refractivity contribution is 5.69. The van der Waals surface area contributed by atoms with Crippen molar-refractivity contribution in [1.29, 1.82) is 0 Å². The Hall–Kier alpha value is -2.63. The van der Waals surface area contributed by atoms with Crippen molar-refractivity contribution in [1.82, 2.24) is 4.90 Å². The lowest BCUT2D eigenvalue weighted by Crippen LogP contribution is -2.62. The first-order chi connectivity index (χ1) is 14.0. The molecule has 0 spiro atoms. The van der Waals surface area contributed by atoms with E-state index in [1.165, 1.54) is 0 Å². The summed E-state index contributed by atoms with van der Waals surface area (Å²) in [4.78, 5) is 14.6. The lowest BCUT2D eigenvalue weighted by molar-refractivity contribution is -0.136. The molecule has 1 amide bonds. The maximum Gasteiger partial charge on any atom is 0.410 e. The van der Waals surface area contributed by atoms with E-state index in [4.69, 9.17) is 9.47 Å². The molecular formula is C24H27NO4. The third-order valence-corrected chi connectivity index (χ3v) is 5.88. The molecule has 2 atom stereocenters. The van der Waals surface area contributed by atoms with Gasteiger partial charge in [-0.05, 0) is 23.6 Å². The quantitative estimate of drug-likeness (QED) is 0.849. The van der Waals surface area contributed by atoms with E-state index in [1.54, 1.807) is 4.90 Å². The number of piperidine rings is 1. The highest BCUT2D eigenvalue weighted by Gasteiger charge is 2.49. The van der Waals surface area contributed by atoms with Crippen molar-refractivity contribution in [3.8, 4) is 0 Å². The third kappa shape index (κ3) is 4.07. The van der Waals surface area contributed by atoms with E-state index >= 15 is 0 Å². The molecule has 2 bridgehead atoms. The monoisotopic (exact) mass is 393 g/mol. The van der Waals surface area contributed by atoms with Crippen LogP contribution in [-0.2, 0) is 21.7 Å². The van der Waals surface area contributed by atoms with Gasteiger partial charge in [-0.2, -0.15) is 0 Å². The number of carbonyl (C=O) groups is 1. The molecule has 5 heteroatoms. The third-order valence-electron chi connectivity index (χ3n) is 5.88. The maximum absolute atomic E-state index is 12.8. The predicted molar refractivity (Wildman–Crippen MR) is 111 cm³/mol. The fraction of sp³-hybridized carbons (Fsp3) is 0.375. The largest absolute Gasteiger partial charge is 0.445 e. The van der Waals surface area contributed by atoms with Crippen molar-refractivity contribution in [3.63, 3.8) is 0 Å². The van der Waals surface area contributed by atoms with Gasteiger partial charge in [0.1, 0.15) is 6.61 Å². The molecule has 0 aliphatic carbocycles. The van der Waals surface area contributed by atoms with Crippen molar-refractivity contribution >= 4 is 11.7 Å². The number of rotatable bonds is 4. The minimum atomic E-state index is -0.983. The van der Waals surface area contributed by atoms with Crippen LogP contribution in [0.5, 0.6) is 0 Å². The Morgan fingerprint density at radius 2 is 1.76 bits per heavy atom. The molecule has 0 saturated carbocycles. The molecule has 1 N–H and O–H groups in total. The first kappa shape index (κ1) is 19.7. The first-order valence-electron chi connectivity index (χ1n) is 10.0. The van der Waals surface area contributed by atoms with Gasteiger partial charge in [-0.3, -0.25) is 4.90 Å². The van der Waals surface area contributed by atoms with Crippen molar-refractivity contribution < 1.29 is 19.4 Å². The lowest BCUT2D eigenvalue weighted by atomic mass is 9.77. The molecule has 2 aliphatic rings. The predicted octanol–water partition coefficient (Wildman–Crippen LogP) is 4.11. The van der Waals surface area contributed by atoms with Gasteiger partial charge in [0, 0.05) is 12.8 Å². The van der Waals surface area contributed by atoms with Crippen LogP contribution in [0.4, 0.5) is 4.79 Å². The molecule has 2 aromatic rings. The molecule has 2 fully saturated rings. The van der Waals surface area contributed by atoms with Gasteiger partial charge < -0.3 is 14.6 Å². The summed E-state index contributed by atoms with van der Waals surface area (Å²) in [6.45, 7) is 6.98. The van der Waals surface area contributed by atoms with Crippen LogP contribution >= 0.6 is 0 Å². The van der Waals surface area contributed by atoms with Crippen LogP contribution in [0.25, 0.3) is 5.57 Å². The van der Waals surface area contributed by atoms with Crippen molar-refractivity contribution in [2.45, 2.75) is 44.1 Å². The van der Waals surface area contributed by atoms with E-state index in [-0.39, 0.29) is 24.8 Å². The number of hydrogen-bond acceptors (Lipinski definition) is 4. The molecule has 4 rings (SSSR count). The summed E-state index contributed by atoms with van der Waals surface area (Å²) >= 11 is 0. The second-order valence-electron chi connectivity index (χ2n) is 8.09. The first-order valence-corrected chi connectivity index (χ1v) is 10.0. The van der Waals surface area contributed by atoms with Gasteiger partial charge in [0.05, 0.1) is 30.9 Å². The van der Waals surface area contributed by atoms with E-state index in [0.717, 1.165) is 22.3 Å². The number of morpholine rings is 1. The minimum absolute atomic E-state index is 0.211. The van der Waals surface area contributed by atoms with Crippen LogP contribution in [0.1, 0.15) is 36.5 Å². The highest BCUT2D eigenvalue weighted by Crippen LogP contribution is 2.41. The molecule has 29 heavy (non-hydrogen) atoms. The molecule has 152 valence electrons. The standard InChI is InChI=1S/C24H27NO4/c1-17(2)19-8-10-20(11-9-19)24(27)12-21-15-28-16-22(13-24)25(21)23(26)29-14-18-6-4-3-5-7-18/h3-11,21-22,27H,1,12-16H2,2H3. The van der Waals surface area contributed by atoms with E-state index in [9.17, 15) is 9.90 Å². The summed E-state index contributed by atoms with van der Waals surface area (Å²) in [5.74, 6) is 0. The van der Waals surface area contributed by atoms with Gasteiger partial charge in [-0.15, -0.1) is 0 Å². The zero-order valence-electron chi connectivity index (χ0n) is 16.7. The van der Waals surface area contributed by atoms with Gasteiger partial charge >= 0.3 is 6.09 Å². The zero-order chi connectivity index (χ0) is 20.4. The molecule has 2 unspecified atom stereocenters. The lowest BCUT2D eigenvalue weighted by Gasteiger charge is -2.51. The summed E-state index contributed by atoms with van der Waals surface area (Å²) in [7, 11) is 0. The number of benzene rings is 2. The van der Waals surface area contributed by atoms with E-state index in [2.05, 4.69) is 6.58 Å². The molecular weight excluding hydrogens is 366 g/mol. The smallest absolute Gasteiger partial charge is 0.410 e. The summed E-state index contributed by atoms with van der Waals surface area (Å²) < 4.78 is 11.2. The SMILES string of the molecule is C=C(C)c1ccc(C2(O)CC3COCC(C2)N3C(=O)OCc2ccccc2)cc1. The Morgan fingerprint density at radius 1 is 1.14 bits per heavy atom. The molecule has 0 aromatic heterocycles. The Bertz CT molecular complexity index is 864. The Labute approximate surface area is 171 Å². The van der Waals surface area contributed by atoms with Gasteiger partial charge in [0.2, 0.25) is 0 Å². The summed E-state index contributed by atoms with van der Waals surface area (Å²) in [5, 5.41) is 11.4. The fourth-order valence-corrected chi connectivity index (χ4v) is 4.37. The maximum atomic E-state index is 12.8. The Balaban J connectivity index is 1.48. The van der Waals surface area contributed by atoms with Crippen LogP contribution in [0.15, 0.2) is 61.2 Å². The molecule has 2 aliphatic heterocycles. The van der Waals surface area contributed by atoms with Gasteiger partial charge in [0.15, 0.2) is 0 Å². The topological polar surface area (TPSA) is 59.0 Å². The Morgan fingerprint density at radius 3 is 2.34 bits per heavy atom. The highest BCUT2D eigenvalue weighted by atomic mass is 16.6. The van der Waals surface area contributed by atoms with E-state index in [0.29, 0.717) is 26.1 Å². The average molecular weight is 393 g/mol. The molecule has 2 aromatic carbocycles. The number of allylic oxidation sites excluding steroid dienone is 1. The second-order valence-corrected chi connectivity index (χ2v) is 8.09. The summed E-state index contributed by atoms with van der Waals surface area (Å²) in [6, 6.07) is 17.1. The van der Waals surface area contributed by atoms with Gasteiger partial charge in [-0.25, -0.2) is 4.79 Å². The van der Waals surface area contributed by atoms with E-state index < -0.39 is 5.60 Å². The van der Waals surface area contributed by atoms with Crippen molar-refractivity contribution in [2.24, 2.45) is 0 Å². The average Bonchev–Trinajstić information content (AvgIpc) is 2.72.